The van der Waals surface area contributed by atoms with Crippen molar-refractivity contribution in [2.75, 3.05) is 17.2 Å². The van der Waals surface area contributed by atoms with Crippen LogP contribution in [0.3, 0.4) is 0 Å². The molecular formula is C10H19N5. The zero-order valence-electron chi connectivity index (χ0n) is 9.62. The molecule has 2 N–H and O–H groups in total. The second kappa shape index (κ2) is 6.16. The molecule has 1 aromatic rings. The molecule has 0 amide bonds. The fourth-order valence-electron chi connectivity index (χ4n) is 1.12. The second-order valence-corrected chi connectivity index (χ2v) is 3.74. The molecule has 0 saturated carbocycles. The largest absolute Gasteiger partial charge is 0.366 e. The first kappa shape index (κ1) is 11.7. The molecule has 0 unspecified atom stereocenters. The van der Waals surface area contributed by atoms with Crippen molar-refractivity contribution in [2.45, 2.75) is 39.7 Å². The van der Waals surface area contributed by atoms with E-state index in [2.05, 4.69) is 46.6 Å². The molecule has 0 aromatic carbocycles. The monoisotopic (exact) mass is 209 g/mol. The first-order valence-corrected chi connectivity index (χ1v) is 5.42. The van der Waals surface area contributed by atoms with E-state index in [1.54, 1.807) is 6.20 Å². The van der Waals surface area contributed by atoms with Gasteiger partial charge < -0.3 is 10.6 Å². The van der Waals surface area contributed by atoms with Gasteiger partial charge in [0.05, 0.1) is 6.20 Å². The first-order chi connectivity index (χ1) is 7.22. The van der Waals surface area contributed by atoms with Gasteiger partial charge in [-0.2, -0.15) is 10.1 Å². The number of hydrogen-bond acceptors (Lipinski definition) is 5. The van der Waals surface area contributed by atoms with Crippen LogP contribution in [0.1, 0.15) is 33.6 Å². The van der Waals surface area contributed by atoms with E-state index in [4.69, 9.17) is 0 Å². The summed E-state index contributed by atoms with van der Waals surface area (Å²) in [6.07, 6.45) is 3.90. The van der Waals surface area contributed by atoms with E-state index >= 15 is 0 Å². The van der Waals surface area contributed by atoms with Crippen LogP contribution in [0.15, 0.2) is 6.20 Å². The van der Waals surface area contributed by atoms with Gasteiger partial charge in [0.25, 0.3) is 0 Å². The Balaban J connectivity index is 2.50. The Morgan fingerprint density at radius 3 is 2.87 bits per heavy atom. The molecule has 0 radical (unpaired) electrons. The van der Waals surface area contributed by atoms with Gasteiger partial charge in [0.15, 0.2) is 5.82 Å². The summed E-state index contributed by atoms with van der Waals surface area (Å²) in [5, 5.41) is 14.1. The molecule has 0 aliphatic carbocycles. The molecule has 0 aliphatic rings. The third-order valence-electron chi connectivity index (χ3n) is 1.81. The number of hydrogen-bond donors (Lipinski definition) is 2. The summed E-state index contributed by atoms with van der Waals surface area (Å²) in [4.78, 5) is 4.29. The minimum atomic E-state index is 0.352. The number of unbranched alkanes of at least 4 members (excludes halogenated alkanes) is 1. The standard InChI is InChI=1S/C10H19N5/c1-4-5-6-11-10-14-9(7-12-15-10)13-8(2)3/h7-8H,4-6H2,1-3H3,(H2,11,13,14,15). The van der Waals surface area contributed by atoms with Gasteiger partial charge in [-0.05, 0) is 20.3 Å². The predicted octanol–water partition coefficient (Wildman–Crippen LogP) is 1.90. The molecular weight excluding hydrogens is 190 g/mol. The lowest BCUT2D eigenvalue weighted by molar-refractivity contribution is 0.816. The highest BCUT2D eigenvalue weighted by Crippen LogP contribution is 2.04. The average Bonchev–Trinajstić information content (AvgIpc) is 2.18. The topological polar surface area (TPSA) is 62.7 Å². The minimum absolute atomic E-state index is 0.352. The highest BCUT2D eigenvalue weighted by Gasteiger charge is 2.00. The van der Waals surface area contributed by atoms with Gasteiger partial charge in [-0.1, -0.05) is 13.3 Å². The summed E-state index contributed by atoms with van der Waals surface area (Å²) in [5.74, 6) is 1.35. The van der Waals surface area contributed by atoms with E-state index in [1.807, 2.05) is 0 Å². The third-order valence-corrected chi connectivity index (χ3v) is 1.81. The molecule has 0 fully saturated rings. The van der Waals surface area contributed by atoms with Gasteiger partial charge in [-0.25, -0.2) is 0 Å². The van der Waals surface area contributed by atoms with Gasteiger partial charge >= 0.3 is 0 Å². The van der Waals surface area contributed by atoms with Crippen LogP contribution in [0.2, 0.25) is 0 Å². The minimum Gasteiger partial charge on any atom is -0.366 e. The second-order valence-electron chi connectivity index (χ2n) is 3.74. The Labute approximate surface area is 90.7 Å². The predicted molar refractivity (Wildman–Crippen MR) is 62.0 cm³/mol. The van der Waals surface area contributed by atoms with E-state index in [1.165, 1.54) is 0 Å². The van der Waals surface area contributed by atoms with Gasteiger partial charge in [0, 0.05) is 12.6 Å². The molecule has 0 aliphatic heterocycles. The normalized spacial score (nSPS) is 10.4. The molecule has 1 rings (SSSR count). The maximum atomic E-state index is 4.29. The van der Waals surface area contributed by atoms with Crippen molar-refractivity contribution in [3.8, 4) is 0 Å². The number of rotatable bonds is 6. The Morgan fingerprint density at radius 1 is 1.40 bits per heavy atom. The van der Waals surface area contributed by atoms with Crippen molar-refractivity contribution >= 4 is 11.8 Å². The highest BCUT2D eigenvalue weighted by molar-refractivity contribution is 5.37. The zero-order valence-corrected chi connectivity index (χ0v) is 9.62. The highest BCUT2D eigenvalue weighted by atomic mass is 15.3. The molecule has 1 aromatic heterocycles. The zero-order chi connectivity index (χ0) is 11.1. The van der Waals surface area contributed by atoms with Crippen LogP contribution in [0.5, 0.6) is 0 Å². The summed E-state index contributed by atoms with van der Waals surface area (Å²) in [6.45, 7) is 7.17. The summed E-state index contributed by atoms with van der Waals surface area (Å²) in [7, 11) is 0. The van der Waals surface area contributed by atoms with Crippen molar-refractivity contribution < 1.29 is 0 Å². The molecule has 5 heteroatoms. The fourth-order valence-corrected chi connectivity index (χ4v) is 1.12. The van der Waals surface area contributed by atoms with Crippen molar-refractivity contribution in [3.05, 3.63) is 6.20 Å². The molecule has 84 valence electrons. The van der Waals surface area contributed by atoms with Crippen LogP contribution in [-0.4, -0.2) is 27.8 Å². The van der Waals surface area contributed by atoms with E-state index in [-0.39, 0.29) is 0 Å². The van der Waals surface area contributed by atoms with Crippen molar-refractivity contribution in [2.24, 2.45) is 0 Å². The number of aromatic nitrogens is 3. The lowest BCUT2D eigenvalue weighted by atomic mass is 10.3. The summed E-state index contributed by atoms with van der Waals surface area (Å²) < 4.78 is 0. The molecule has 0 spiro atoms. The Morgan fingerprint density at radius 2 is 2.20 bits per heavy atom. The molecule has 15 heavy (non-hydrogen) atoms. The molecule has 5 nitrogen and oxygen atoms in total. The van der Waals surface area contributed by atoms with Crippen LogP contribution in [0, 0.1) is 0 Å². The third kappa shape index (κ3) is 4.58. The van der Waals surface area contributed by atoms with Crippen molar-refractivity contribution in [3.63, 3.8) is 0 Å². The number of nitrogens with zero attached hydrogens (tertiary/aromatic N) is 3. The fraction of sp³-hybridized carbons (Fsp3) is 0.700. The maximum Gasteiger partial charge on any atom is 0.244 e. The van der Waals surface area contributed by atoms with E-state index in [0.717, 1.165) is 25.2 Å². The van der Waals surface area contributed by atoms with Crippen LogP contribution < -0.4 is 10.6 Å². The SMILES string of the molecule is CCCCNc1nncc(NC(C)C)n1. The van der Waals surface area contributed by atoms with Gasteiger partial charge in [0.1, 0.15) is 0 Å². The Hall–Kier alpha value is -1.39. The van der Waals surface area contributed by atoms with Crippen LogP contribution in [0.4, 0.5) is 11.8 Å². The summed E-state index contributed by atoms with van der Waals surface area (Å²) >= 11 is 0. The van der Waals surface area contributed by atoms with E-state index in [0.29, 0.717) is 12.0 Å². The Kier molecular flexibility index (Phi) is 4.80. The van der Waals surface area contributed by atoms with Crippen LogP contribution in [-0.2, 0) is 0 Å². The molecule has 1 heterocycles. The summed E-state index contributed by atoms with van der Waals surface area (Å²) in [6, 6.07) is 0.352. The van der Waals surface area contributed by atoms with E-state index in [9.17, 15) is 0 Å². The molecule has 0 saturated heterocycles. The van der Waals surface area contributed by atoms with Crippen LogP contribution >= 0.6 is 0 Å². The van der Waals surface area contributed by atoms with Gasteiger partial charge in [-0.3, -0.25) is 0 Å². The summed E-state index contributed by atoms with van der Waals surface area (Å²) in [5.41, 5.74) is 0. The lowest BCUT2D eigenvalue weighted by Gasteiger charge is -2.09. The number of nitrogens with one attached hydrogen (secondary N) is 2. The first-order valence-electron chi connectivity index (χ1n) is 5.42. The average molecular weight is 209 g/mol. The van der Waals surface area contributed by atoms with E-state index < -0.39 is 0 Å². The quantitative estimate of drug-likeness (QED) is 0.701. The lowest BCUT2D eigenvalue weighted by Crippen LogP contribution is -2.13. The van der Waals surface area contributed by atoms with Gasteiger partial charge in [-0.15, -0.1) is 5.10 Å². The Bertz CT molecular complexity index is 287. The van der Waals surface area contributed by atoms with Crippen LogP contribution in [0.25, 0.3) is 0 Å². The number of anilines is 2. The smallest absolute Gasteiger partial charge is 0.244 e. The van der Waals surface area contributed by atoms with Crippen molar-refractivity contribution in [1.82, 2.24) is 15.2 Å². The van der Waals surface area contributed by atoms with Crippen molar-refractivity contribution in [1.29, 1.82) is 0 Å². The molecule has 0 atom stereocenters. The molecule has 0 bridgehead atoms. The van der Waals surface area contributed by atoms with Gasteiger partial charge in [0.2, 0.25) is 5.95 Å². The maximum absolute atomic E-state index is 4.29.